The first-order valence-corrected chi connectivity index (χ1v) is 9.78. The number of para-hydroxylation sites is 1. The van der Waals surface area contributed by atoms with E-state index in [1.165, 1.54) is 36.6 Å². The lowest BCUT2D eigenvalue weighted by molar-refractivity contribution is 0.521. The van der Waals surface area contributed by atoms with Crippen molar-refractivity contribution in [1.29, 1.82) is 0 Å². The van der Waals surface area contributed by atoms with Gasteiger partial charge in [-0.2, -0.15) is 11.8 Å². The summed E-state index contributed by atoms with van der Waals surface area (Å²) in [7, 11) is -0.506. The fourth-order valence-electron chi connectivity index (χ4n) is 1.89. The van der Waals surface area contributed by atoms with Crippen LogP contribution in [-0.4, -0.2) is 45.4 Å². The fourth-order valence-corrected chi connectivity index (χ4v) is 3.42. The summed E-state index contributed by atoms with van der Waals surface area (Å²) in [6.45, 7) is 0.796. The van der Waals surface area contributed by atoms with E-state index in [0.29, 0.717) is 5.69 Å². The number of hydrogen-bond acceptors (Lipinski definition) is 5. The Bertz CT molecular complexity index is 545. The molecule has 0 spiro atoms. The molecule has 0 amide bonds. The van der Waals surface area contributed by atoms with Crippen LogP contribution in [0.3, 0.4) is 0 Å². The van der Waals surface area contributed by atoms with Gasteiger partial charge in [-0.05, 0) is 37.0 Å². The van der Waals surface area contributed by atoms with Crippen LogP contribution >= 0.6 is 11.8 Å². The lowest BCUT2D eigenvalue weighted by Crippen LogP contribution is -2.23. The van der Waals surface area contributed by atoms with Gasteiger partial charge >= 0.3 is 0 Å². The van der Waals surface area contributed by atoms with Crippen molar-refractivity contribution in [1.82, 2.24) is 4.31 Å². The van der Waals surface area contributed by atoms with Crippen LogP contribution in [0, 0.1) is 0 Å². The smallest absolute Gasteiger partial charge is 0.244 e. The van der Waals surface area contributed by atoms with Gasteiger partial charge < -0.3 is 11.1 Å². The lowest BCUT2D eigenvalue weighted by Gasteiger charge is -2.16. The monoisotopic (exact) mass is 331 g/mol. The molecule has 0 aliphatic rings. The zero-order valence-electron chi connectivity index (χ0n) is 12.9. The second kappa shape index (κ2) is 8.51. The number of nitrogens with one attached hydrogen (secondary N) is 1. The standard InChI is InChI=1S/C14H25N3O2S2/c1-17(2)21(18,19)13-9-7-8-12(14(13)15)16-10-5-4-6-11-20-3/h7-9,16H,4-6,10-11,15H2,1-3H3. The van der Waals surface area contributed by atoms with E-state index < -0.39 is 10.0 Å². The van der Waals surface area contributed by atoms with Gasteiger partial charge in [0.15, 0.2) is 0 Å². The largest absolute Gasteiger partial charge is 0.396 e. The van der Waals surface area contributed by atoms with E-state index in [0.717, 1.165) is 19.4 Å². The zero-order valence-corrected chi connectivity index (χ0v) is 14.6. The third kappa shape index (κ3) is 5.09. The maximum Gasteiger partial charge on any atom is 0.244 e. The number of nitrogens with zero attached hydrogens (tertiary/aromatic N) is 1. The van der Waals surface area contributed by atoms with Crippen molar-refractivity contribution >= 4 is 33.2 Å². The van der Waals surface area contributed by atoms with Crippen molar-refractivity contribution in [2.75, 3.05) is 43.7 Å². The van der Waals surface area contributed by atoms with Gasteiger partial charge in [0.05, 0.1) is 11.4 Å². The van der Waals surface area contributed by atoms with Crippen LogP contribution in [0.25, 0.3) is 0 Å². The molecule has 0 bridgehead atoms. The van der Waals surface area contributed by atoms with Crippen molar-refractivity contribution in [3.8, 4) is 0 Å². The number of unbranched alkanes of at least 4 members (excludes halogenated alkanes) is 2. The summed E-state index contributed by atoms with van der Waals surface area (Å²) in [5, 5.41) is 3.23. The van der Waals surface area contributed by atoms with Gasteiger partial charge in [-0.1, -0.05) is 12.5 Å². The van der Waals surface area contributed by atoms with Crippen molar-refractivity contribution in [3.63, 3.8) is 0 Å². The molecule has 0 saturated heterocycles. The topological polar surface area (TPSA) is 75.4 Å². The van der Waals surface area contributed by atoms with Gasteiger partial charge in [0.2, 0.25) is 10.0 Å². The number of thioether (sulfide) groups is 1. The van der Waals surface area contributed by atoms with Crippen LogP contribution in [0.4, 0.5) is 11.4 Å². The van der Waals surface area contributed by atoms with Crippen molar-refractivity contribution in [2.24, 2.45) is 0 Å². The first-order valence-electron chi connectivity index (χ1n) is 6.95. The van der Waals surface area contributed by atoms with E-state index in [1.807, 2.05) is 17.8 Å². The van der Waals surface area contributed by atoms with Gasteiger partial charge in [-0.3, -0.25) is 0 Å². The number of hydrogen-bond donors (Lipinski definition) is 2. The molecule has 1 aromatic rings. The number of nitrogens with two attached hydrogens (primary N) is 1. The summed E-state index contributed by atoms with van der Waals surface area (Å²) in [5.74, 6) is 1.18. The van der Waals surface area contributed by atoms with Crippen LogP contribution in [0.2, 0.25) is 0 Å². The minimum atomic E-state index is -3.51. The predicted octanol–water partition coefficient (Wildman–Crippen LogP) is 2.46. The van der Waals surface area contributed by atoms with E-state index in [-0.39, 0.29) is 10.6 Å². The first-order chi connectivity index (χ1) is 9.91. The van der Waals surface area contributed by atoms with E-state index in [1.54, 1.807) is 6.07 Å². The Labute approximate surface area is 132 Å². The molecule has 0 aliphatic carbocycles. The van der Waals surface area contributed by atoms with E-state index in [4.69, 9.17) is 5.73 Å². The fraction of sp³-hybridized carbons (Fsp3) is 0.571. The van der Waals surface area contributed by atoms with Gasteiger partial charge in [0.25, 0.3) is 0 Å². The summed E-state index contributed by atoms with van der Waals surface area (Å²) in [6.07, 6.45) is 5.51. The maximum absolute atomic E-state index is 12.2. The number of sulfonamides is 1. The minimum absolute atomic E-state index is 0.153. The molecular formula is C14H25N3O2S2. The second-order valence-electron chi connectivity index (χ2n) is 4.99. The van der Waals surface area contributed by atoms with Gasteiger partial charge in [0.1, 0.15) is 4.90 Å². The van der Waals surface area contributed by atoms with Gasteiger partial charge in [0, 0.05) is 20.6 Å². The molecule has 0 heterocycles. The number of nitrogen functional groups attached to an aromatic ring is 1. The third-order valence-corrected chi connectivity index (χ3v) is 5.74. The maximum atomic E-state index is 12.2. The molecule has 0 atom stereocenters. The number of anilines is 2. The molecule has 7 heteroatoms. The summed E-state index contributed by atoms with van der Waals surface area (Å²) in [4.78, 5) is 0.153. The minimum Gasteiger partial charge on any atom is -0.396 e. The van der Waals surface area contributed by atoms with Crippen LogP contribution in [0.1, 0.15) is 19.3 Å². The summed E-state index contributed by atoms with van der Waals surface area (Å²) in [6, 6.07) is 5.06. The van der Waals surface area contributed by atoms with Crippen LogP contribution in [-0.2, 0) is 10.0 Å². The van der Waals surface area contributed by atoms with E-state index in [9.17, 15) is 8.42 Å². The Kier molecular flexibility index (Phi) is 7.34. The highest BCUT2D eigenvalue weighted by atomic mass is 32.2. The molecule has 0 radical (unpaired) electrons. The number of benzene rings is 1. The molecule has 0 aliphatic heterocycles. The first kappa shape index (κ1) is 18.1. The SMILES string of the molecule is CSCCCCCNc1cccc(S(=O)(=O)N(C)C)c1N. The molecule has 1 rings (SSSR count). The lowest BCUT2D eigenvalue weighted by atomic mass is 10.2. The highest BCUT2D eigenvalue weighted by molar-refractivity contribution is 7.98. The number of rotatable bonds is 9. The van der Waals surface area contributed by atoms with Gasteiger partial charge in [-0.15, -0.1) is 0 Å². The Morgan fingerprint density at radius 2 is 1.95 bits per heavy atom. The Balaban J connectivity index is 2.69. The zero-order chi connectivity index (χ0) is 15.9. The van der Waals surface area contributed by atoms with E-state index in [2.05, 4.69) is 11.6 Å². The molecular weight excluding hydrogens is 306 g/mol. The van der Waals surface area contributed by atoms with Crippen molar-refractivity contribution < 1.29 is 8.42 Å². The molecule has 0 fully saturated rings. The molecule has 1 aromatic carbocycles. The molecule has 120 valence electrons. The van der Waals surface area contributed by atoms with Crippen molar-refractivity contribution in [2.45, 2.75) is 24.2 Å². The average molecular weight is 332 g/mol. The Morgan fingerprint density at radius 3 is 2.57 bits per heavy atom. The Morgan fingerprint density at radius 1 is 1.24 bits per heavy atom. The normalized spacial score (nSPS) is 11.8. The van der Waals surface area contributed by atoms with Gasteiger partial charge in [-0.25, -0.2) is 12.7 Å². The third-order valence-electron chi connectivity index (χ3n) is 3.17. The molecule has 0 aromatic heterocycles. The quantitative estimate of drug-likeness (QED) is 0.537. The molecule has 0 saturated carbocycles. The highest BCUT2D eigenvalue weighted by Gasteiger charge is 2.21. The molecule has 0 unspecified atom stereocenters. The summed E-state index contributed by atoms with van der Waals surface area (Å²) >= 11 is 1.85. The van der Waals surface area contributed by atoms with Crippen molar-refractivity contribution in [3.05, 3.63) is 18.2 Å². The van der Waals surface area contributed by atoms with Crippen LogP contribution in [0.5, 0.6) is 0 Å². The summed E-state index contributed by atoms with van der Waals surface area (Å²) < 4.78 is 25.5. The van der Waals surface area contributed by atoms with Crippen LogP contribution in [0.15, 0.2) is 23.1 Å². The molecule has 5 nitrogen and oxygen atoms in total. The highest BCUT2D eigenvalue weighted by Crippen LogP contribution is 2.28. The van der Waals surface area contributed by atoms with Crippen LogP contribution < -0.4 is 11.1 Å². The summed E-state index contributed by atoms with van der Waals surface area (Å²) in [5.41, 5.74) is 6.97. The molecule has 21 heavy (non-hydrogen) atoms. The Hall–Kier alpha value is -0.920. The molecule has 3 N–H and O–H groups in total. The second-order valence-corrected chi connectivity index (χ2v) is 8.09. The predicted molar refractivity (Wildman–Crippen MR) is 92.4 cm³/mol. The van der Waals surface area contributed by atoms with E-state index >= 15 is 0 Å². The average Bonchev–Trinajstić information content (AvgIpc) is 2.43.